The maximum Gasteiger partial charge on any atom is 1.00 e. The zero-order valence-electron chi connectivity index (χ0n) is 5.67. The first-order valence-corrected chi connectivity index (χ1v) is 2.77. The fraction of sp³-hybridized carbons (Fsp3) is 1.00. The van der Waals surface area contributed by atoms with Gasteiger partial charge in [0.25, 0.3) is 10.1 Å². The van der Waals surface area contributed by atoms with Crippen LogP contribution in [-0.4, -0.2) is 30.2 Å². The Morgan fingerprint density at radius 3 is 1.38 bits per heavy atom. The maximum absolute atomic E-state index is 9.19. The Morgan fingerprint density at radius 1 is 1.38 bits per heavy atom. The summed E-state index contributed by atoms with van der Waals surface area (Å²) in [7, 11) is -3.67. The van der Waals surface area contributed by atoms with Crippen LogP contribution in [0, 0.1) is 0 Å². The largest absolute Gasteiger partial charge is 1.00 e. The smallest absolute Gasteiger partial charge is 1.00 e. The molecule has 0 fully saturated rings. The molecular formula is CH9NaO5S. The van der Waals surface area contributed by atoms with Crippen molar-refractivity contribution in [1.82, 2.24) is 0 Å². The van der Waals surface area contributed by atoms with Gasteiger partial charge in [-0.15, -0.1) is 0 Å². The summed E-state index contributed by atoms with van der Waals surface area (Å²) in [5, 5.41) is 0. The Hall–Kier alpha value is 0.830. The zero-order chi connectivity index (χ0) is 4.50. The van der Waals surface area contributed by atoms with Gasteiger partial charge in [-0.3, -0.25) is 4.55 Å². The molecule has 0 aromatic rings. The third-order valence-electron chi connectivity index (χ3n) is 0. The predicted octanol–water partition coefficient (Wildman–Crippen LogP) is -5.03. The van der Waals surface area contributed by atoms with E-state index in [1.54, 1.807) is 0 Å². The van der Waals surface area contributed by atoms with Gasteiger partial charge in [0, 0.05) is 0 Å². The monoisotopic (exact) mass is 156 g/mol. The summed E-state index contributed by atoms with van der Waals surface area (Å²) < 4.78 is 25.9. The minimum Gasteiger partial charge on any atom is -1.00 e. The number of hydrogen-bond donors (Lipinski definition) is 1. The fourth-order valence-electron chi connectivity index (χ4n) is 0. The van der Waals surface area contributed by atoms with Crippen LogP contribution in [0.25, 0.3) is 0 Å². The third-order valence-corrected chi connectivity index (χ3v) is 0. The molecule has 0 spiro atoms. The molecule has 0 heterocycles. The molecule has 0 saturated heterocycles. The van der Waals surface area contributed by atoms with Crippen molar-refractivity contribution in [3.63, 3.8) is 0 Å². The van der Waals surface area contributed by atoms with E-state index in [1.807, 2.05) is 0 Å². The van der Waals surface area contributed by atoms with Crippen molar-refractivity contribution >= 4 is 10.1 Å². The number of rotatable bonds is 0. The van der Waals surface area contributed by atoms with E-state index in [0.717, 1.165) is 0 Å². The summed E-state index contributed by atoms with van der Waals surface area (Å²) in [6.07, 6.45) is 0.715. The molecule has 0 aromatic heterocycles. The van der Waals surface area contributed by atoms with Crippen LogP contribution in [-0.2, 0) is 10.1 Å². The second-order valence-electron chi connectivity index (χ2n) is 0.733. The van der Waals surface area contributed by atoms with Gasteiger partial charge < -0.3 is 12.4 Å². The quantitative estimate of drug-likeness (QED) is 0.279. The Balaban J connectivity index is -0.0000000133. The van der Waals surface area contributed by atoms with Gasteiger partial charge in [0.05, 0.1) is 6.26 Å². The molecule has 7 heteroatoms. The standard InChI is InChI=1S/CH4O3S.Na.2H2O.H/c1-5(2,3)4;;;;/h1H3,(H,2,3,4);;2*1H2;/q;+1;;;-1. The topological polar surface area (TPSA) is 117 Å². The van der Waals surface area contributed by atoms with Crippen molar-refractivity contribution in [2.24, 2.45) is 0 Å². The minimum atomic E-state index is -3.67. The average molecular weight is 156 g/mol. The first-order chi connectivity index (χ1) is 2.00. The zero-order valence-corrected chi connectivity index (χ0v) is 7.49. The van der Waals surface area contributed by atoms with Crippen molar-refractivity contribution in [3.05, 3.63) is 0 Å². The molecule has 5 nitrogen and oxygen atoms in total. The molecule has 0 aliphatic heterocycles. The molecule has 0 radical (unpaired) electrons. The molecular weight excluding hydrogens is 147 g/mol. The molecule has 0 aliphatic rings. The van der Waals surface area contributed by atoms with Crippen LogP contribution >= 0.6 is 0 Å². The summed E-state index contributed by atoms with van der Waals surface area (Å²) in [5.74, 6) is 0. The van der Waals surface area contributed by atoms with Crippen LogP contribution in [0.4, 0.5) is 0 Å². The van der Waals surface area contributed by atoms with E-state index >= 15 is 0 Å². The van der Waals surface area contributed by atoms with E-state index in [2.05, 4.69) is 0 Å². The maximum atomic E-state index is 9.19. The van der Waals surface area contributed by atoms with Gasteiger partial charge in [0.1, 0.15) is 0 Å². The molecule has 0 bridgehead atoms. The Kier molecular flexibility index (Phi) is 22.7. The molecule has 50 valence electrons. The number of hydrogen-bond acceptors (Lipinski definition) is 2. The van der Waals surface area contributed by atoms with Gasteiger partial charge in [-0.2, -0.15) is 8.42 Å². The second-order valence-corrected chi connectivity index (χ2v) is 2.20. The molecule has 8 heavy (non-hydrogen) atoms. The van der Waals surface area contributed by atoms with E-state index < -0.39 is 10.1 Å². The van der Waals surface area contributed by atoms with Gasteiger partial charge >= 0.3 is 29.6 Å². The first-order valence-electron chi connectivity index (χ1n) is 0.924. The minimum absolute atomic E-state index is 0. The van der Waals surface area contributed by atoms with Gasteiger partial charge in [0.15, 0.2) is 0 Å². The van der Waals surface area contributed by atoms with Gasteiger partial charge in [-0.25, -0.2) is 0 Å². The van der Waals surface area contributed by atoms with E-state index in [0.29, 0.717) is 6.26 Å². The first kappa shape index (κ1) is 23.2. The summed E-state index contributed by atoms with van der Waals surface area (Å²) >= 11 is 0. The van der Waals surface area contributed by atoms with E-state index in [1.165, 1.54) is 0 Å². The normalized spacial score (nSPS) is 7.25. The summed E-state index contributed by atoms with van der Waals surface area (Å²) in [4.78, 5) is 0. The Morgan fingerprint density at radius 2 is 1.38 bits per heavy atom. The molecule has 5 N–H and O–H groups in total. The Labute approximate surface area is 71.2 Å². The van der Waals surface area contributed by atoms with Crippen molar-refractivity contribution < 1.29 is 54.9 Å². The molecule has 0 saturated carbocycles. The molecule has 0 atom stereocenters. The molecule has 0 unspecified atom stereocenters. The van der Waals surface area contributed by atoms with E-state index in [9.17, 15) is 8.42 Å². The fourth-order valence-corrected chi connectivity index (χ4v) is 0. The van der Waals surface area contributed by atoms with Crippen molar-refractivity contribution in [3.8, 4) is 0 Å². The van der Waals surface area contributed by atoms with Crippen molar-refractivity contribution in [1.29, 1.82) is 0 Å². The summed E-state index contributed by atoms with van der Waals surface area (Å²) in [5.41, 5.74) is 0. The van der Waals surface area contributed by atoms with Crippen LogP contribution in [0.5, 0.6) is 0 Å². The van der Waals surface area contributed by atoms with Crippen molar-refractivity contribution in [2.45, 2.75) is 0 Å². The molecule has 0 aromatic carbocycles. The van der Waals surface area contributed by atoms with Crippen LogP contribution < -0.4 is 29.6 Å². The van der Waals surface area contributed by atoms with Crippen LogP contribution in [0.1, 0.15) is 1.43 Å². The molecule has 0 rings (SSSR count). The third kappa shape index (κ3) is 337. The van der Waals surface area contributed by atoms with Crippen LogP contribution in [0.2, 0.25) is 0 Å². The average Bonchev–Trinajstić information content (AvgIpc) is 0.722. The van der Waals surface area contributed by atoms with E-state index in [-0.39, 0.29) is 41.9 Å². The summed E-state index contributed by atoms with van der Waals surface area (Å²) in [6, 6.07) is 0. The van der Waals surface area contributed by atoms with Crippen LogP contribution in [0.15, 0.2) is 0 Å². The van der Waals surface area contributed by atoms with Crippen LogP contribution in [0.3, 0.4) is 0 Å². The molecule has 0 aliphatic carbocycles. The van der Waals surface area contributed by atoms with E-state index in [4.69, 9.17) is 4.55 Å². The van der Waals surface area contributed by atoms with Gasteiger partial charge in [-0.05, 0) is 0 Å². The predicted molar refractivity (Wildman–Crippen MR) is 25.8 cm³/mol. The van der Waals surface area contributed by atoms with Gasteiger partial charge in [-0.1, -0.05) is 0 Å². The SMILES string of the molecule is CS(=O)(=O)O.O.O.[H-].[Na+]. The molecule has 0 amide bonds. The van der Waals surface area contributed by atoms with Crippen molar-refractivity contribution in [2.75, 3.05) is 6.26 Å². The summed E-state index contributed by atoms with van der Waals surface area (Å²) in [6.45, 7) is 0. The van der Waals surface area contributed by atoms with Gasteiger partial charge in [0.2, 0.25) is 0 Å². The second kappa shape index (κ2) is 7.83. The Bertz CT molecular complexity index is 100.